The van der Waals surface area contributed by atoms with E-state index in [4.69, 9.17) is 0 Å². The molecule has 0 bridgehead atoms. The van der Waals surface area contributed by atoms with Gasteiger partial charge in [-0.25, -0.2) is 4.98 Å². The third-order valence-corrected chi connectivity index (χ3v) is 1.72. The number of nitrogens with one attached hydrogen (secondary N) is 1. The summed E-state index contributed by atoms with van der Waals surface area (Å²) in [7, 11) is 0. The fourth-order valence-corrected chi connectivity index (χ4v) is 1.16. The lowest BCUT2D eigenvalue weighted by Crippen LogP contribution is -1.96. The zero-order chi connectivity index (χ0) is 9.14. The minimum Gasteiger partial charge on any atom is -0.340 e. The van der Waals surface area contributed by atoms with E-state index in [9.17, 15) is 4.79 Å². The van der Waals surface area contributed by atoms with Crippen LogP contribution in [0.4, 0.5) is 0 Å². The molecule has 1 aromatic heterocycles. The highest BCUT2D eigenvalue weighted by molar-refractivity contribution is 5.69. The molecule has 0 atom stereocenters. The fraction of sp³-hybridized carbons (Fsp3) is 0.556. The Morgan fingerprint density at radius 2 is 2.25 bits per heavy atom. The number of carbonyl (C=O) groups excluding carboxylic acids is 1. The van der Waals surface area contributed by atoms with E-state index in [1.165, 1.54) is 0 Å². The van der Waals surface area contributed by atoms with Gasteiger partial charge in [0.15, 0.2) is 12.1 Å². The van der Waals surface area contributed by atoms with Crippen molar-refractivity contribution in [2.45, 2.75) is 27.2 Å². The largest absolute Gasteiger partial charge is 0.340 e. The van der Waals surface area contributed by atoms with Gasteiger partial charge in [-0.3, -0.25) is 4.79 Å². The highest BCUT2D eigenvalue weighted by Crippen LogP contribution is 2.09. The second kappa shape index (κ2) is 3.52. The maximum Gasteiger partial charge on any atom is 0.185 e. The molecule has 1 aromatic rings. The van der Waals surface area contributed by atoms with E-state index in [-0.39, 0.29) is 0 Å². The number of aromatic amines is 1. The highest BCUT2D eigenvalue weighted by Gasteiger charge is 2.06. The normalized spacial score (nSPS) is 10.7. The van der Waals surface area contributed by atoms with Crippen molar-refractivity contribution in [2.24, 2.45) is 5.92 Å². The molecule has 1 N–H and O–H groups in total. The Labute approximate surface area is 72.2 Å². The first-order valence-electron chi connectivity index (χ1n) is 4.14. The van der Waals surface area contributed by atoms with Gasteiger partial charge in [-0.1, -0.05) is 13.8 Å². The van der Waals surface area contributed by atoms with Crippen molar-refractivity contribution in [3.05, 3.63) is 17.2 Å². The van der Waals surface area contributed by atoms with E-state index in [2.05, 4.69) is 23.8 Å². The summed E-state index contributed by atoms with van der Waals surface area (Å²) in [5.74, 6) is 1.01. The molecule has 1 rings (SSSR count). The van der Waals surface area contributed by atoms with E-state index in [1.54, 1.807) is 0 Å². The molecule has 0 fully saturated rings. The minimum atomic E-state index is 0.433. The fourth-order valence-electron chi connectivity index (χ4n) is 1.16. The lowest BCUT2D eigenvalue weighted by molar-refractivity contribution is 0.111. The Kier molecular flexibility index (Phi) is 2.63. The Morgan fingerprint density at radius 3 is 2.67 bits per heavy atom. The van der Waals surface area contributed by atoms with E-state index in [1.807, 2.05) is 6.92 Å². The van der Waals surface area contributed by atoms with Crippen LogP contribution in [0.25, 0.3) is 0 Å². The number of hydrogen-bond donors (Lipinski definition) is 1. The summed E-state index contributed by atoms with van der Waals surface area (Å²) in [5.41, 5.74) is 2.01. The van der Waals surface area contributed by atoms with E-state index in [0.29, 0.717) is 11.7 Å². The van der Waals surface area contributed by atoms with E-state index >= 15 is 0 Å². The molecule has 3 nitrogen and oxygen atoms in total. The summed E-state index contributed by atoms with van der Waals surface area (Å²) in [5, 5.41) is 0. The van der Waals surface area contributed by atoms with Crippen LogP contribution in [0.1, 0.15) is 35.9 Å². The van der Waals surface area contributed by atoms with Gasteiger partial charge < -0.3 is 4.98 Å². The van der Waals surface area contributed by atoms with Crippen LogP contribution in [0.5, 0.6) is 0 Å². The van der Waals surface area contributed by atoms with Gasteiger partial charge in [-0.15, -0.1) is 0 Å². The molecule has 0 aliphatic rings. The number of aldehydes is 1. The number of aromatic nitrogens is 2. The molecule has 0 unspecified atom stereocenters. The van der Waals surface area contributed by atoms with Crippen LogP contribution in [-0.2, 0) is 6.42 Å². The average molecular weight is 166 g/mol. The highest BCUT2D eigenvalue weighted by atomic mass is 16.1. The second-order valence-corrected chi connectivity index (χ2v) is 3.41. The Balaban J connectivity index is 2.84. The standard InChI is InChI=1S/C9H14N2O/c1-6(2)4-8-7(3)10-9(5-12)11-8/h5-6H,4H2,1-3H3,(H,10,11). The van der Waals surface area contributed by atoms with Gasteiger partial charge in [0.05, 0.1) is 5.69 Å². The number of H-pyrrole nitrogens is 1. The smallest absolute Gasteiger partial charge is 0.185 e. The predicted molar refractivity (Wildman–Crippen MR) is 47.3 cm³/mol. The molecule has 1 heterocycles. The van der Waals surface area contributed by atoms with Crippen molar-refractivity contribution in [2.75, 3.05) is 0 Å². The van der Waals surface area contributed by atoms with Crippen LogP contribution in [0.3, 0.4) is 0 Å². The molecule has 0 amide bonds. The predicted octanol–water partition coefficient (Wildman–Crippen LogP) is 1.73. The van der Waals surface area contributed by atoms with Crippen molar-refractivity contribution in [3.63, 3.8) is 0 Å². The maximum absolute atomic E-state index is 10.4. The van der Waals surface area contributed by atoms with Crippen molar-refractivity contribution >= 4 is 6.29 Å². The average Bonchev–Trinajstić information content (AvgIpc) is 2.31. The van der Waals surface area contributed by atoms with Crippen LogP contribution >= 0.6 is 0 Å². The van der Waals surface area contributed by atoms with E-state index in [0.717, 1.165) is 24.1 Å². The maximum atomic E-state index is 10.4. The first-order chi connectivity index (χ1) is 5.63. The first kappa shape index (κ1) is 8.97. The number of aryl methyl sites for hydroxylation is 1. The quantitative estimate of drug-likeness (QED) is 0.695. The summed E-state index contributed by atoms with van der Waals surface area (Å²) in [6.45, 7) is 6.21. The second-order valence-electron chi connectivity index (χ2n) is 3.41. The van der Waals surface area contributed by atoms with Gasteiger partial charge in [0.1, 0.15) is 0 Å². The van der Waals surface area contributed by atoms with Crippen LogP contribution in [0.15, 0.2) is 0 Å². The molecule has 0 aromatic carbocycles. The van der Waals surface area contributed by atoms with Gasteiger partial charge >= 0.3 is 0 Å². The van der Waals surface area contributed by atoms with E-state index < -0.39 is 0 Å². The Morgan fingerprint density at radius 1 is 1.58 bits per heavy atom. The van der Waals surface area contributed by atoms with Crippen molar-refractivity contribution in [1.82, 2.24) is 9.97 Å². The number of imidazole rings is 1. The van der Waals surface area contributed by atoms with Crippen LogP contribution in [0.2, 0.25) is 0 Å². The summed E-state index contributed by atoms with van der Waals surface area (Å²) < 4.78 is 0. The van der Waals surface area contributed by atoms with Gasteiger partial charge in [0, 0.05) is 5.69 Å². The number of nitrogens with zero attached hydrogens (tertiary/aromatic N) is 1. The zero-order valence-corrected chi connectivity index (χ0v) is 7.72. The van der Waals surface area contributed by atoms with Gasteiger partial charge in [0.25, 0.3) is 0 Å². The monoisotopic (exact) mass is 166 g/mol. The molecular formula is C9H14N2O. The molecule has 66 valence electrons. The number of hydrogen-bond acceptors (Lipinski definition) is 2. The summed E-state index contributed by atoms with van der Waals surface area (Å²) in [6, 6.07) is 0. The SMILES string of the molecule is Cc1[nH]c(C=O)nc1CC(C)C. The zero-order valence-electron chi connectivity index (χ0n) is 7.72. The van der Waals surface area contributed by atoms with Gasteiger partial charge in [-0.2, -0.15) is 0 Å². The Bertz CT molecular complexity index is 276. The van der Waals surface area contributed by atoms with Crippen LogP contribution < -0.4 is 0 Å². The topological polar surface area (TPSA) is 45.8 Å². The summed E-state index contributed by atoms with van der Waals surface area (Å²) in [6.07, 6.45) is 1.67. The van der Waals surface area contributed by atoms with Gasteiger partial charge in [0.2, 0.25) is 0 Å². The minimum absolute atomic E-state index is 0.433. The van der Waals surface area contributed by atoms with Crippen LogP contribution in [-0.4, -0.2) is 16.3 Å². The lowest BCUT2D eigenvalue weighted by Gasteiger charge is -2.00. The third-order valence-electron chi connectivity index (χ3n) is 1.72. The summed E-state index contributed by atoms with van der Waals surface area (Å²) in [4.78, 5) is 17.4. The number of rotatable bonds is 3. The van der Waals surface area contributed by atoms with Crippen molar-refractivity contribution < 1.29 is 4.79 Å². The molecule has 3 heteroatoms. The first-order valence-corrected chi connectivity index (χ1v) is 4.14. The molecule has 0 saturated heterocycles. The molecule has 0 radical (unpaired) electrons. The summed E-state index contributed by atoms with van der Waals surface area (Å²) >= 11 is 0. The molecule has 12 heavy (non-hydrogen) atoms. The van der Waals surface area contributed by atoms with Gasteiger partial charge in [-0.05, 0) is 19.3 Å². The molecule has 0 saturated carbocycles. The Hall–Kier alpha value is -1.12. The molecule has 0 spiro atoms. The lowest BCUT2D eigenvalue weighted by atomic mass is 10.1. The van der Waals surface area contributed by atoms with Crippen LogP contribution in [0, 0.1) is 12.8 Å². The molecule has 0 aliphatic heterocycles. The van der Waals surface area contributed by atoms with Crippen molar-refractivity contribution in [3.8, 4) is 0 Å². The number of carbonyl (C=O) groups is 1. The van der Waals surface area contributed by atoms with Crippen molar-refractivity contribution in [1.29, 1.82) is 0 Å². The molecular weight excluding hydrogens is 152 g/mol. The third kappa shape index (κ3) is 1.94. The molecule has 0 aliphatic carbocycles.